The Balaban J connectivity index is 1.98. The maximum absolute atomic E-state index is 8.70. The molecule has 0 amide bonds. The van der Waals surface area contributed by atoms with Crippen LogP contribution in [0.5, 0.6) is 5.75 Å². The molecule has 0 aliphatic carbocycles. The van der Waals surface area contributed by atoms with Crippen molar-refractivity contribution in [1.29, 1.82) is 0 Å². The van der Waals surface area contributed by atoms with Crippen LogP contribution in [0.2, 0.25) is 0 Å². The van der Waals surface area contributed by atoms with E-state index >= 15 is 0 Å². The molecule has 0 bridgehead atoms. The SMILES string of the molecule is CCC(C)n1ccc(COc2cccc(C#CCO)c2)n1. The molecule has 2 rings (SSSR count). The molecule has 0 radical (unpaired) electrons. The second-order valence-corrected chi connectivity index (χ2v) is 4.82. The van der Waals surface area contributed by atoms with Gasteiger partial charge in [0.15, 0.2) is 0 Å². The summed E-state index contributed by atoms with van der Waals surface area (Å²) in [5.74, 6) is 6.23. The van der Waals surface area contributed by atoms with Crippen LogP contribution in [0.1, 0.15) is 37.6 Å². The lowest BCUT2D eigenvalue weighted by molar-refractivity contribution is 0.298. The molecule has 110 valence electrons. The smallest absolute Gasteiger partial charge is 0.132 e. The monoisotopic (exact) mass is 284 g/mol. The van der Waals surface area contributed by atoms with Gasteiger partial charge in [-0.15, -0.1) is 0 Å². The number of ether oxygens (including phenoxy) is 1. The first-order valence-electron chi connectivity index (χ1n) is 7.09. The van der Waals surface area contributed by atoms with Gasteiger partial charge in [-0.25, -0.2) is 0 Å². The van der Waals surface area contributed by atoms with Crippen LogP contribution >= 0.6 is 0 Å². The van der Waals surface area contributed by atoms with Gasteiger partial charge in [-0.3, -0.25) is 4.68 Å². The highest BCUT2D eigenvalue weighted by Gasteiger charge is 2.05. The van der Waals surface area contributed by atoms with Gasteiger partial charge in [-0.1, -0.05) is 24.8 Å². The molecule has 1 aromatic carbocycles. The molecule has 0 fully saturated rings. The van der Waals surface area contributed by atoms with Crippen LogP contribution in [0, 0.1) is 11.8 Å². The summed E-state index contributed by atoms with van der Waals surface area (Å²) >= 11 is 0. The normalized spacial score (nSPS) is 11.6. The summed E-state index contributed by atoms with van der Waals surface area (Å²) in [7, 11) is 0. The molecular weight excluding hydrogens is 264 g/mol. The van der Waals surface area contributed by atoms with Crippen LogP contribution in [-0.4, -0.2) is 21.5 Å². The average molecular weight is 284 g/mol. The van der Waals surface area contributed by atoms with Crippen molar-refractivity contribution in [3.63, 3.8) is 0 Å². The lowest BCUT2D eigenvalue weighted by atomic mass is 10.2. The van der Waals surface area contributed by atoms with Crippen LogP contribution in [0.4, 0.5) is 0 Å². The predicted molar refractivity (Wildman–Crippen MR) is 82.0 cm³/mol. The largest absolute Gasteiger partial charge is 0.487 e. The van der Waals surface area contributed by atoms with Crippen LogP contribution in [0.3, 0.4) is 0 Å². The number of aromatic nitrogens is 2. The van der Waals surface area contributed by atoms with Gasteiger partial charge >= 0.3 is 0 Å². The number of rotatable bonds is 5. The molecule has 21 heavy (non-hydrogen) atoms. The zero-order valence-corrected chi connectivity index (χ0v) is 12.4. The molecule has 0 saturated heterocycles. The fourth-order valence-electron chi connectivity index (χ4n) is 1.85. The Kier molecular flexibility index (Phi) is 5.42. The van der Waals surface area contributed by atoms with E-state index in [1.54, 1.807) is 0 Å². The van der Waals surface area contributed by atoms with E-state index < -0.39 is 0 Å². The molecule has 4 heteroatoms. The fraction of sp³-hybridized carbons (Fsp3) is 0.353. The topological polar surface area (TPSA) is 47.3 Å². The molecule has 0 aliphatic rings. The molecule has 4 nitrogen and oxygen atoms in total. The number of hydrogen-bond donors (Lipinski definition) is 1. The maximum Gasteiger partial charge on any atom is 0.132 e. The molecule has 1 atom stereocenters. The van der Waals surface area contributed by atoms with Crippen molar-refractivity contribution in [2.75, 3.05) is 6.61 Å². The fourth-order valence-corrected chi connectivity index (χ4v) is 1.85. The lowest BCUT2D eigenvalue weighted by Gasteiger charge is -2.08. The van der Waals surface area contributed by atoms with E-state index in [0.29, 0.717) is 12.6 Å². The Labute approximate surface area is 125 Å². The summed E-state index contributed by atoms with van der Waals surface area (Å²) in [5.41, 5.74) is 1.73. The van der Waals surface area contributed by atoms with Crippen LogP contribution in [0.25, 0.3) is 0 Å². The first kappa shape index (κ1) is 15.1. The van der Waals surface area contributed by atoms with Crippen LogP contribution in [-0.2, 0) is 6.61 Å². The summed E-state index contributed by atoms with van der Waals surface area (Å²) < 4.78 is 7.69. The van der Waals surface area contributed by atoms with Crippen molar-refractivity contribution in [1.82, 2.24) is 9.78 Å². The van der Waals surface area contributed by atoms with Gasteiger partial charge in [0.1, 0.15) is 19.0 Å². The molecule has 1 N–H and O–H groups in total. The molecule has 0 spiro atoms. The van der Waals surface area contributed by atoms with Gasteiger partial charge < -0.3 is 9.84 Å². The molecule has 1 heterocycles. The van der Waals surface area contributed by atoms with Gasteiger partial charge in [0.25, 0.3) is 0 Å². The van der Waals surface area contributed by atoms with E-state index in [4.69, 9.17) is 9.84 Å². The van der Waals surface area contributed by atoms with Crippen molar-refractivity contribution in [3.8, 4) is 17.6 Å². The van der Waals surface area contributed by atoms with Gasteiger partial charge in [-0.05, 0) is 37.6 Å². The zero-order valence-electron chi connectivity index (χ0n) is 12.4. The van der Waals surface area contributed by atoms with Gasteiger partial charge in [0.05, 0.1) is 5.69 Å². The first-order valence-corrected chi connectivity index (χ1v) is 7.09. The number of hydrogen-bond acceptors (Lipinski definition) is 3. The third-order valence-electron chi connectivity index (χ3n) is 3.24. The van der Waals surface area contributed by atoms with Crippen LogP contribution in [0.15, 0.2) is 36.5 Å². The number of aliphatic hydroxyl groups excluding tert-OH is 1. The van der Waals surface area contributed by atoms with E-state index in [1.165, 1.54) is 0 Å². The second-order valence-electron chi connectivity index (χ2n) is 4.82. The summed E-state index contributed by atoms with van der Waals surface area (Å²) in [4.78, 5) is 0. The van der Waals surface area contributed by atoms with Crippen molar-refractivity contribution in [3.05, 3.63) is 47.8 Å². The highest BCUT2D eigenvalue weighted by Crippen LogP contribution is 2.15. The summed E-state index contributed by atoms with van der Waals surface area (Å²) in [6, 6.07) is 9.88. The van der Waals surface area contributed by atoms with Crippen molar-refractivity contribution >= 4 is 0 Å². The van der Waals surface area contributed by atoms with E-state index in [1.807, 2.05) is 41.2 Å². The molecular formula is C17H20N2O2. The van der Waals surface area contributed by atoms with E-state index in [9.17, 15) is 0 Å². The summed E-state index contributed by atoms with van der Waals surface area (Å²) in [5, 5.41) is 13.2. The Hall–Kier alpha value is -2.25. The van der Waals surface area contributed by atoms with E-state index in [0.717, 1.165) is 23.4 Å². The average Bonchev–Trinajstić information content (AvgIpc) is 2.99. The number of aliphatic hydroxyl groups is 1. The Bertz CT molecular complexity index is 637. The first-order chi connectivity index (χ1) is 10.2. The van der Waals surface area contributed by atoms with Crippen molar-refractivity contribution in [2.45, 2.75) is 32.9 Å². The molecule has 2 aromatic rings. The highest BCUT2D eigenvalue weighted by molar-refractivity contribution is 5.39. The number of nitrogens with zero attached hydrogens (tertiary/aromatic N) is 2. The Morgan fingerprint density at radius 2 is 2.24 bits per heavy atom. The molecule has 0 aliphatic heterocycles. The minimum absolute atomic E-state index is 0.141. The predicted octanol–water partition coefficient (Wildman–Crippen LogP) is 2.78. The minimum atomic E-state index is -0.141. The third-order valence-corrected chi connectivity index (χ3v) is 3.24. The third kappa shape index (κ3) is 4.37. The Morgan fingerprint density at radius 3 is 3.00 bits per heavy atom. The quantitative estimate of drug-likeness (QED) is 0.859. The Morgan fingerprint density at radius 1 is 1.38 bits per heavy atom. The van der Waals surface area contributed by atoms with E-state index in [2.05, 4.69) is 30.8 Å². The van der Waals surface area contributed by atoms with Crippen LogP contribution < -0.4 is 4.74 Å². The molecule has 1 aromatic heterocycles. The van der Waals surface area contributed by atoms with E-state index in [-0.39, 0.29) is 6.61 Å². The summed E-state index contributed by atoms with van der Waals surface area (Å²) in [6.07, 6.45) is 3.03. The second kappa shape index (κ2) is 7.51. The summed E-state index contributed by atoms with van der Waals surface area (Å²) in [6.45, 7) is 4.57. The van der Waals surface area contributed by atoms with Gasteiger partial charge in [0, 0.05) is 17.8 Å². The highest BCUT2D eigenvalue weighted by atomic mass is 16.5. The maximum atomic E-state index is 8.70. The lowest BCUT2D eigenvalue weighted by Crippen LogP contribution is -2.05. The number of benzene rings is 1. The van der Waals surface area contributed by atoms with Gasteiger partial charge in [-0.2, -0.15) is 5.10 Å². The minimum Gasteiger partial charge on any atom is -0.487 e. The molecule has 0 saturated carbocycles. The van der Waals surface area contributed by atoms with Crippen molar-refractivity contribution in [2.24, 2.45) is 0 Å². The van der Waals surface area contributed by atoms with Crippen molar-refractivity contribution < 1.29 is 9.84 Å². The van der Waals surface area contributed by atoms with Gasteiger partial charge in [0.2, 0.25) is 0 Å². The standard InChI is InChI=1S/C17H20N2O2/c1-3-14(2)19-10-9-16(18-19)13-21-17-8-4-6-15(12-17)7-5-11-20/h4,6,8-10,12,14,20H,3,11,13H2,1-2H3. The molecule has 1 unspecified atom stereocenters. The zero-order chi connectivity index (χ0) is 15.1.